The average molecular weight is 576 g/mol. The van der Waals surface area contributed by atoms with Gasteiger partial charge in [0, 0.05) is 0 Å². The van der Waals surface area contributed by atoms with Gasteiger partial charge in [0.05, 0.1) is 32.1 Å². The van der Waals surface area contributed by atoms with Gasteiger partial charge in [0.25, 0.3) is 0 Å². The molecular formula is C25H30N5O9P. The van der Waals surface area contributed by atoms with Crippen LogP contribution in [0.2, 0.25) is 0 Å². The van der Waals surface area contributed by atoms with Crippen LogP contribution in [0.25, 0.3) is 5.52 Å². The normalized spacial score (nSPS) is 27.7. The maximum atomic E-state index is 12.7. The Hall–Kier alpha value is -2.96. The smallest absolute Gasteiger partial charge is 0.394 e. The lowest BCUT2D eigenvalue weighted by atomic mass is 9.92. The summed E-state index contributed by atoms with van der Waals surface area (Å²) in [6.07, 6.45) is -2.38. The Morgan fingerprint density at radius 2 is 1.98 bits per heavy atom. The number of nitrogens with zero attached hydrogens (tertiary/aromatic N) is 4. The van der Waals surface area contributed by atoms with Crippen LogP contribution < -0.4 is 5.73 Å². The van der Waals surface area contributed by atoms with E-state index in [0.29, 0.717) is 11.2 Å². The van der Waals surface area contributed by atoms with Crippen molar-refractivity contribution in [3.05, 3.63) is 60.0 Å². The number of hydrogen-bond acceptors (Lipinski definition) is 12. The van der Waals surface area contributed by atoms with Crippen molar-refractivity contribution in [1.82, 2.24) is 14.6 Å². The van der Waals surface area contributed by atoms with E-state index < -0.39 is 63.4 Å². The minimum absolute atomic E-state index is 0.180. The number of nitrogen functional groups attached to an aromatic ring is 1. The highest BCUT2D eigenvalue weighted by atomic mass is 31.2. The monoisotopic (exact) mass is 575 g/mol. The van der Waals surface area contributed by atoms with Gasteiger partial charge in [-0.2, -0.15) is 10.4 Å². The van der Waals surface area contributed by atoms with E-state index in [1.54, 1.807) is 26.0 Å². The lowest BCUT2D eigenvalue weighted by Crippen LogP contribution is -2.40. The molecule has 0 spiro atoms. The molecule has 0 amide bonds. The second-order valence-corrected chi connectivity index (χ2v) is 11.3. The van der Waals surface area contributed by atoms with Gasteiger partial charge in [-0.25, -0.2) is 14.1 Å². The lowest BCUT2D eigenvalue weighted by molar-refractivity contribution is -0.204. The summed E-state index contributed by atoms with van der Waals surface area (Å²) in [6, 6.07) is 14.7. The fourth-order valence-corrected chi connectivity index (χ4v) is 5.55. The minimum atomic E-state index is -4.62. The zero-order chi connectivity index (χ0) is 28.5. The van der Waals surface area contributed by atoms with Gasteiger partial charge < -0.3 is 34.7 Å². The molecule has 0 aliphatic carbocycles. The molecule has 2 saturated heterocycles. The number of nitriles is 1. The number of phosphoric acid groups is 1. The van der Waals surface area contributed by atoms with Gasteiger partial charge in [-0.3, -0.25) is 9.05 Å². The standard InChI is InChI=1S/C25H30N5O9P/c1-24(2)38-21-19(13-36-40(32,33)35-12-17(10-31)34-11-16-6-4-3-5-7-16)37-25(14-26,22(21)39-24)20-9-8-18-23(27)28-15-29-30(18)20/h3-9,15,17,19,21-22,31H,10-13H2,1-2H3,(H,32,33)(H2,27,28,29)/t17-,19-,21-,22-,25+/m1/s1. The Bertz CT molecular complexity index is 1430. The summed E-state index contributed by atoms with van der Waals surface area (Å²) in [5.41, 5.74) is 5.90. The zero-order valence-electron chi connectivity index (χ0n) is 21.8. The molecule has 1 aromatic carbocycles. The van der Waals surface area contributed by atoms with E-state index in [1.807, 2.05) is 30.3 Å². The number of rotatable bonds is 11. The van der Waals surface area contributed by atoms with Crippen molar-refractivity contribution in [2.24, 2.45) is 0 Å². The number of benzene rings is 1. The van der Waals surface area contributed by atoms with Crippen LogP contribution in [0, 0.1) is 11.3 Å². The highest BCUT2D eigenvalue weighted by Gasteiger charge is 2.65. The van der Waals surface area contributed by atoms with Crippen molar-refractivity contribution in [3.63, 3.8) is 0 Å². The molecule has 2 aromatic heterocycles. The first-order chi connectivity index (χ1) is 19.1. The number of aliphatic hydroxyl groups is 1. The van der Waals surface area contributed by atoms with E-state index in [2.05, 4.69) is 16.2 Å². The van der Waals surface area contributed by atoms with E-state index in [-0.39, 0.29) is 12.4 Å². The van der Waals surface area contributed by atoms with Crippen LogP contribution in [0.15, 0.2) is 48.8 Å². The van der Waals surface area contributed by atoms with Crippen LogP contribution in [0.5, 0.6) is 0 Å². The predicted molar refractivity (Wildman–Crippen MR) is 137 cm³/mol. The summed E-state index contributed by atoms with van der Waals surface area (Å²) in [5.74, 6) is -0.871. The first-order valence-corrected chi connectivity index (χ1v) is 14.0. The molecule has 2 aliphatic heterocycles. The number of phosphoric ester groups is 1. The van der Waals surface area contributed by atoms with Crippen LogP contribution in [0.3, 0.4) is 0 Å². The number of ether oxygens (including phenoxy) is 4. The molecule has 5 rings (SSSR count). The van der Waals surface area contributed by atoms with Crippen LogP contribution in [0.1, 0.15) is 25.1 Å². The van der Waals surface area contributed by atoms with Crippen LogP contribution in [-0.2, 0) is 44.8 Å². The first kappa shape index (κ1) is 28.6. The molecular weight excluding hydrogens is 545 g/mol. The van der Waals surface area contributed by atoms with Gasteiger partial charge in [-0.1, -0.05) is 30.3 Å². The molecule has 6 atom stereocenters. The predicted octanol–water partition coefficient (Wildman–Crippen LogP) is 1.66. The van der Waals surface area contributed by atoms with Crippen molar-refractivity contribution in [2.45, 2.75) is 56.3 Å². The summed E-state index contributed by atoms with van der Waals surface area (Å²) in [4.78, 5) is 14.3. The molecule has 14 nitrogen and oxygen atoms in total. The topological polar surface area (TPSA) is 193 Å². The van der Waals surface area contributed by atoms with E-state index in [4.69, 9.17) is 33.7 Å². The Labute approximate surface area is 229 Å². The van der Waals surface area contributed by atoms with E-state index >= 15 is 0 Å². The summed E-state index contributed by atoms with van der Waals surface area (Å²) in [7, 11) is -4.62. The van der Waals surface area contributed by atoms with Crippen LogP contribution >= 0.6 is 7.82 Å². The van der Waals surface area contributed by atoms with Crippen LogP contribution in [-0.4, -0.2) is 74.6 Å². The second kappa shape index (κ2) is 11.1. The summed E-state index contributed by atoms with van der Waals surface area (Å²) < 4.78 is 48.3. The molecule has 4 N–H and O–H groups in total. The maximum absolute atomic E-state index is 12.7. The Balaban J connectivity index is 1.28. The van der Waals surface area contributed by atoms with Gasteiger partial charge in [0.15, 0.2) is 11.6 Å². The SMILES string of the molecule is CC1(C)O[C@H]2[C@@H](O1)[C@](C#N)(c1ccc3c(N)ncnn13)O[C@@H]2COP(=O)(O)OC[C@@H](CO)OCc1ccccc1. The molecule has 4 heterocycles. The van der Waals surface area contributed by atoms with Gasteiger partial charge in [-0.15, -0.1) is 0 Å². The van der Waals surface area contributed by atoms with Crippen molar-refractivity contribution in [2.75, 3.05) is 25.6 Å². The van der Waals surface area contributed by atoms with E-state index in [1.165, 1.54) is 10.8 Å². The Morgan fingerprint density at radius 1 is 1.20 bits per heavy atom. The largest absolute Gasteiger partial charge is 0.472 e. The van der Waals surface area contributed by atoms with Gasteiger partial charge in [0.1, 0.15) is 42.3 Å². The van der Waals surface area contributed by atoms with Crippen molar-refractivity contribution < 1.29 is 42.6 Å². The third-order valence-corrected chi connectivity index (χ3v) is 7.57. The molecule has 40 heavy (non-hydrogen) atoms. The number of nitrogens with two attached hydrogens (primary N) is 1. The number of aromatic nitrogens is 3. The highest BCUT2D eigenvalue weighted by molar-refractivity contribution is 7.47. The van der Waals surface area contributed by atoms with Crippen LogP contribution in [0.4, 0.5) is 5.82 Å². The average Bonchev–Trinajstić information content (AvgIpc) is 3.59. The number of hydrogen-bond donors (Lipinski definition) is 3. The molecule has 0 bridgehead atoms. The quantitative estimate of drug-likeness (QED) is 0.280. The molecule has 214 valence electrons. The Kier molecular flexibility index (Phi) is 7.95. The highest BCUT2D eigenvalue weighted by Crippen LogP contribution is 2.51. The van der Waals surface area contributed by atoms with E-state index in [9.17, 15) is 19.8 Å². The third-order valence-electron chi connectivity index (χ3n) is 6.62. The summed E-state index contributed by atoms with van der Waals surface area (Å²) >= 11 is 0. The molecule has 2 fully saturated rings. The van der Waals surface area contributed by atoms with Crippen molar-refractivity contribution in [1.29, 1.82) is 5.26 Å². The number of fused-ring (bicyclic) bond motifs is 2. The molecule has 0 radical (unpaired) electrons. The maximum Gasteiger partial charge on any atom is 0.472 e. The first-order valence-electron chi connectivity index (χ1n) is 12.5. The van der Waals surface area contributed by atoms with Gasteiger partial charge >= 0.3 is 7.82 Å². The minimum Gasteiger partial charge on any atom is -0.394 e. The zero-order valence-corrected chi connectivity index (χ0v) is 22.7. The summed E-state index contributed by atoms with van der Waals surface area (Å²) in [6.45, 7) is 2.25. The summed E-state index contributed by atoms with van der Waals surface area (Å²) in [5, 5.41) is 24.2. The van der Waals surface area contributed by atoms with E-state index in [0.717, 1.165) is 5.56 Å². The fraction of sp³-hybridized carbons (Fsp3) is 0.480. The Morgan fingerprint density at radius 3 is 2.70 bits per heavy atom. The molecule has 3 aromatic rings. The molecule has 0 saturated carbocycles. The lowest BCUT2D eigenvalue weighted by Gasteiger charge is -2.29. The fourth-order valence-electron chi connectivity index (χ4n) is 4.79. The van der Waals surface area contributed by atoms with Gasteiger partial charge in [-0.05, 0) is 31.5 Å². The van der Waals surface area contributed by atoms with Gasteiger partial charge in [0.2, 0.25) is 5.60 Å². The second-order valence-electron chi connectivity index (χ2n) is 9.85. The van der Waals surface area contributed by atoms with Crippen molar-refractivity contribution in [3.8, 4) is 6.07 Å². The number of aliphatic hydroxyl groups excluding tert-OH is 1. The number of anilines is 1. The molecule has 1 unspecified atom stereocenters. The molecule has 15 heteroatoms. The molecule has 2 aliphatic rings. The third kappa shape index (κ3) is 5.61. The van der Waals surface area contributed by atoms with Crippen molar-refractivity contribution >= 4 is 19.2 Å².